The molecule has 0 radical (unpaired) electrons. The number of phenols is 1. The number of rotatable bonds is 3. The Morgan fingerprint density at radius 1 is 1.38 bits per heavy atom. The summed E-state index contributed by atoms with van der Waals surface area (Å²) in [6, 6.07) is 4.42. The van der Waals surface area contributed by atoms with Gasteiger partial charge >= 0.3 is 0 Å². The zero-order valence-electron chi connectivity index (χ0n) is 8.58. The van der Waals surface area contributed by atoms with Gasteiger partial charge in [0, 0.05) is 12.6 Å². The quantitative estimate of drug-likeness (QED) is 0.449. The summed E-state index contributed by atoms with van der Waals surface area (Å²) in [6.07, 6.45) is 0. The van der Waals surface area contributed by atoms with E-state index in [1.54, 1.807) is 6.07 Å². The van der Waals surface area contributed by atoms with Crippen LogP contribution in [0.5, 0.6) is 5.75 Å². The molecule has 0 spiro atoms. The summed E-state index contributed by atoms with van der Waals surface area (Å²) in [7, 11) is 0. The number of carbonyl (C=O) groups excluding carboxylic acids is 2. The third kappa shape index (κ3) is 3.54. The van der Waals surface area contributed by atoms with Crippen LogP contribution in [0, 0.1) is 0 Å². The van der Waals surface area contributed by atoms with Gasteiger partial charge in [-0.1, -0.05) is 15.9 Å². The lowest BCUT2D eigenvalue weighted by molar-refractivity contribution is -0.114. The molecule has 1 aromatic carbocycles. The van der Waals surface area contributed by atoms with Gasteiger partial charge in [-0.2, -0.15) is 0 Å². The molecule has 16 heavy (non-hydrogen) atoms. The van der Waals surface area contributed by atoms with Gasteiger partial charge in [-0.25, -0.2) is 0 Å². The molecule has 0 saturated carbocycles. The molecule has 0 fully saturated rings. The molecular formula is C10H11BrN2O3. The van der Waals surface area contributed by atoms with Crippen LogP contribution >= 0.6 is 15.9 Å². The van der Waals surface area contributed by atoms with E-state index in [1.807, 2.05) is 0 Å². The van der Waals surface area contributed by atoms with Gasteiger partial charge < -0.3 is 15.7 Å². The molecule has 0 saturated heterocycles. The molecule has 0 aliphatic rings. The maximum Gasteiger partial charge on any atom is 0.235 e. The van der Waals surface area contributed by atoms with E-state index in [9.17, 15) is 14.7 Å². The normalized spacial score (nSPS) is 9.62. The highest BCUT2D eigenvalue weighted by atomic mass is 79.9. The second-order valence-electron chi connectivity index (χ2n) is 3.09. The third-order valence-corrected chi connectivity index (χ3v) is 2.22. The fourth-order valence-corrected chi connectivity index (χ4v) is 1.24. The number of phenolic OH excluding ortho intramolecular Hbond substituents is 1. The predicted molar refractivity (Wildman–Crippen MR) is 64.8 cm³/mol. The SMILES string of the molecule is CC(=O)Nc1cc(NC(=O)CBr)ccc1O. The number of nitrogens with one attached hydrogen (secondary N) is 2. The van der Waals surface area contributed by atoms with Gasteiger partial charge in [0.15, 0.2) is 0 Å². The molecule has 1 rings (SSSR count). The zero-order chi connectivity index (χ0) is 12.1. The monoisotopic (exact) mass is 286 g/mol. The Morgan fingerprint density at radius 2 is 2.06 bits per heavy atom. The van der Waals surface area contributed by atoms with E-state index in [0.717, 1.165) is 0 Å². The second-order valence-corrected chi connectivity index (χ2v) is 3.66. The molecule has 0 aromatic heterocycles. The first-order valence-corrected chi connectivity index (χ1v) is 5.61. The first kappa shape index (κ1) is 12.5. The van der Waals surface area contributed by atoms with Crippen molar-refractivity contribution in [2.75, 3.05) is 16.0 Å². The van der Waals surface area contributed by atoms with Crippen molar-refractivity contribution in [2.45, 2.75) is 6.92 Å². The van der Waals surface area contributed by atoms with Crippen molar-refractivity contribution in [3.63, 3.8) is 0 Å². The third-order valence-electron chi connectivity index (χ3n) is 1.71. The fourth-order valence-electron chi connectivity index (χ4n) is 1.10. The first-order chi connectivity index (χ1) is 7.52. The number of amides is 2. The van der Waals surface area contributed by atoms with Gasteiger partial charge in [-0.05, 0) is 18.2 Å². The molecule has 0 aliphatic carbocycles. The summed E-state index contributed by atoms with van der Waals surface area (Å²) < 4.78 is 0. The topological polar surface area (TPSA) is 78.4 Å². The summed E-state index contributed by atoms with van der Waals surface area (Å²) >= 11 is 3.01. The Balaban J connectivity index is 2.88. The molecular weight excluding hydrogens is 276 g/mol. The van der Waals surface area contributed by atoms with Crippen molar-refractivity contribution in [1.82, 2.24) is 0 Å². The highest BCUT2D eigenvalue weighted by molar-refractivity contribution is 9.09. The maximum atomic E-state index is 11.1. The van der Waals surface area contributed by atoms with Crippen LogP contribution in [0.2, 0.25) is 0 Å². The van der Waals surface area contributed by atoms with Crippen molar-refractivity contribution in [3.05, 3.63) is 18.2 Å². The van der Waals surface area contributed by atoms with Crippen molar-refractivity contribution in [2.24, 2.45) is 0 Å². The smallest absolute Gasteiger partial charge is 0.235 e. The molecule has 6 heteroatoms. The van der Waals surface area contributed by atoms with Crippen LogP contribution < -0.4 is 10.6 Å². The Bertz CT molecular complexity index is 421. The lowest BCUT2D eigenvalue weighted by Gasteiger charge is -2.08. The van der Waals surface area contributed by atoms with Crippen LogP contribution in [0.1, 0.15) is 6.92 Å². The number of hydrogen-bond donors (Lipinski definition) is 3. The Morgan fingerprint density at radius 3 is 2.62 bits per heavy atom. The number of hydrogen-bond acceptors (Lipinski definition) is 3. The number of alkyl halides is 1. The molecule has 0 heterocycles. The van der Waals surface area contributed by atoms with Crippen molar-refractivity contribution >= 4 is 39.1 Å². The molecule has 2 amide bonds. The molecule has 0 unspecified atom stereocenters. The average molecular weight is 287 g/mol. The number of aromatic hydroxyl groups is 1. The van der Waals surface area contributed by atoms with Gasteiger partial charge in [-0.3, -0.25) is 9.59 Å². The van der Waals surface area contributed by atoms with Crippen LogP contribution in [-0.2, 0) is 9.59 Å². The zero-order valence-corrected chi connectivity index (χ0v) is 10.2. The highest BCUT2D eigenvalue weighted by Gasteiger charge is 2.06. The Hall–Kier alpha value is -1.56. The van der Waals surface area contributed by atoms with Gasteiger partial charge in [0.2, 0.25) is 11.8 Å². The molecule has 3 N–H and O–H groups in total. The highest BCUT2D eigenvalue weighted by Crippen LogP contribution is 2.26. The van der Waals surface area contributed by atoms with E-state index >= 15 is 0 Å². The van der Waals surface area contributed by atoms with Gasteiger partial charge in [0.1, 0.15) is 5.75 Å². The number of halogens is 1. The van der Waals surface area contributed by atoms with E-state index in [4.69, 9.17) is 0 Å². The summed E-state index contributed by atoms with van der Waals surface area (Å²) in [6.45, 7) is 1.34. The summed E-state index contributed by atoms with van der Waals surface area (Å²) in [5.74, 6) is -0.550. The number of benzene rings is 1. The average Bonchev–Trinajstić information content (AvgIpc) is 2.22. The minimum atomic E-state index is -0.292. The molecule has 0 aliphatic heterocycles. The molecule has 1 aromatic rings. The Kier molecular flexibility index (Phi) is 4.30. The van der Waals surface area contributed by atoms with Crippen LogP contribution in [0.25, 0.3) is 0 Å². The predicted octanol–water partition coefficient (Wildman–Crippen LogP) is 1.68. The first-order valence-electron chi connectivity index (χ1n) is 4.49. The van der Waals surface area contributed by atoms with Crippen LogP contribution in [0.15, 0.2) is 18.2 Å². The maximum absolute atomic E-state index is 11.1. The fraction of sp³-hybridized carbons (Fsp3) is 0.200. The summed E-state index contributed by atoms with van der Waals surface area (Å²) in [4.78, 5) is 21.9. The minimum absolute atomic E-state index is 0.0490. The lowest BCUT2D eigenvalue weighted by atomic mass is 10.2. The van der Waals surface area contributed by atoms with Gasteiger partial charge in [0.25, 0.3) is 0 Å². The number of anilines is 2. The van der Waals surface area contributed by atoms with E-state index in [-0.39, 0.29) is 28.6 Å². The molecule has 0 bridgehead atoms. The van der Waals surface area contributed by atoms with E-state index < -0.39 is 0 Å². The van der Waals surface area contributed by atoms with Crippen LogP contribution in [0.3, 0.4) is 0 Å². The van der Waals surface area contributed by atoms with E-state index in [2.05, 4.69) is 26.6 Å². The lowest BCUT2D eigenvalue weighted by Crippen LogP contribution is -2.13. The summed E-state index contributed by atoms with van der Waals surface area (Å²) in [5.41, 5.74) is 0.769. The van der Waals surface area contributed by atoms with E-state index in [0.29, 0.717) is 5.69 Å². The Labute approximate surface area is 101 Å². The number of carbonyl (C=O) groups is 2. The van der Waals surface area contributed by atoms with Crippen molar-refractivity contribution < 1.29 is 14.7 Å². The van der Waals surface area contributed by atoms with E-state index in [1.165, 1.54) is 19.1 Å². The molecule has 86 valence electrons. The molecule has 5 nitrogen and oxygen atoms in total. The molecule has 0 atom stereocenters. The van der Waals surface area contributed by atoms with Crippen molar-refractivity contribution in [3.8, 4) is 5.75 Å². The standard InChI is InChI=1S/C10H11BrN2O3/c1-6(14)12-8-4-7(2-3-9(8)15)13-10(16)5-11/h2-4,15H,5H2,1H3,(H,12,14)(H,13,16). The largest absolute Gasteiger partial charge is 0.506 e. The minimum Gasteiger partial charge on any atom is -0.506 e. The second kappa shape index (κ2) is 5.50. The summed E-state index contributed by atoms with van der Waals surface area (Å²) in [5, 5.41) is 14.7. The van der Waals surface area contributed by atoms with Crippen LogP contribution in [-0.4, -0.2) is 22.3 Å². The van der Waals surface area contributed by atoms with Crippen LogP contribution in [0.4, 0.5) is 11.4 Å². The van der Waals surface area contributed by atoms with Crippen molar-refractivity contribution in [1.29, 1.82) is 0 Å². The van der Waals surface area contributed by atoms with Gasteiger partial charge in [0.05, 0.1) is 11.0 Å². The van der Waals surface area contributed by atoms with Gasteiger partial charge in [-0.15, -0.1) is 0 Å².